The topological polar surface area (TPSA) is 50.8 Å². The van der Waals surface area contributed by atoms with Gasteiger partial charge in [0, 0.05) is 23.7 Å². The van der Waals surface area contributed by atoms with Gasteiger partial charge in [-0.1, -0.05) is 25.7 Å². The quantitative estimate of drug-likeness (QED) is 0.812. The van der Waals surface area contributed by atoms with E-state index in [1.54, 1.807) is 32.4 Å². The Morgan fingerprint density at radius 2 is 1.58 bits per heavy atom. The van der Waals surface area contributed by atoms with Crippen LogP contribution in [0.4, 0.5) is 0 Å². The summed E-state index contributed by atoms with van der Waals surface area (Å²) in [4.78, 5) is 14.9. The predicted octanol–water partition coefficient (Wildman–Crippen LogP) is 3.09. The molecule has 0 heterocycles. The number of nitrogens with one attached hydrogen (secondary N) is 1. The number of amides is 1. The van der Waals surface area contributed by atoms with Crippen LogP contribution < -0.4 is 14.8 Å². The van der Waals surface area contributed by atoms with E-state index in [4.69, 9.17) is 9.47 Å². The molecule has 0 atom stereocenters. The first-order valence-corrected chi connectivity index (χ1v) is 8.69. The van der Waals surface area contributed by atoms with Gasteiger partial charge in [-0.3, -0.25) is 4.79 Å². The van der Waals surface area contributed by atoms with Gasteiger partial charge >= 0.3 is 0 Å². The number of nitrogens with zero attached hydrogens (tertiary/aromatic N) is 1. The average molecular weight is 334 g/mol. The Balaban J connectivity index is 2.10. The van der Waals surface area contributed by atoms with E-state index in [1.165, 1.54) is 25.7 Å². The first-order chi connectivity index (χ1) is 11.5. The summed E-state index contributed by atoms with van der Waals surface area (Å²) in [5.41, 5.74) is 0.614. The van der Waals surface area contributed by atoms with Crippen LogP contribution >= 0.6 is 0 Å². The van der Waals surface area contributed by atoms with Gasteiger partial charge in [-0.25, -0.2) is 0 Å². The molecule has 5 nitrogen and oxygen atoms in total. The molecule has 1 aromatic rings. The van der Waals surface area contributed by atoms with Crippen molar-refractivity contribution in [2.45, 2.75) is 44.1 Å². The molecule has 1 amide bonds. The van der Waals surface area contributed by atoms with Gasteiger partial charge in [-0.15, -0.1) is 0 Å². The summed E-state index contributed by atoms with van der Waals surface area (Å²) >= 11 is 0. The minimum Gasteiger partial charge on any atom is -0.497 e. The third-order valence-corrected chi connectivity index (χ3v) is 5.17. The zero-order chi connectivity index (χ0) is 17.6. The van der Waals surface area contributed by atoms with Crippen molar-refractivity contribution in [1.82, 2.24) is 10.2 Å². The van der Waals surface area contributed by atoms with Crippen LogP contribution in [0.3, 0.4) is 0 Å². The predicted molar refractivity (Wildman–Crippen MR) is 96.0 cm³/mol. The van der Waals surface area contributed by atoms with Crippen molar-refractivity contribution in [2.24, 2.45) is 0 Å². The van der Waals surface area contributed by atoms with E-state index in [2.05, 4.69) is 24.3 Å². The molecule has 1 N–H and O–H groups in total. The smallest absolute Gasteiger partial charge is 0.251 e. The highest BCUT2D eigenvalue weighted by molar-refractivity contribution is 5.95. The fourth-order valence-electron chi connectivity index (χ4n) is 3.45. The van der Waals surface area contributed by atoms with E-state index in [1.807, 2.05) is 0 Å². The molecule has 24 heavy (non-hydrogen) atoms. The normalized spacial score (nSPS) is 17.2. The van der Waals surface area contributed by atoms with Crippen LogP contribution in [-0.4, -0.2) is 51.2 Å². The van der Waals surface area contributed by atoms with Crippen molar-refractivity contribution in [2.75, 3.05) is 34.9 Å². The minimum atomic E-state index is -0.0855. The van der Waals surface area contributed by atoms with Crippen LogP contribution in [0.15, 0.2) is 18.2 Å². The number of carbonyl (C=O) groups excluding carboxylic acids is 1. The maximum absolute atomic E-state index is 12.6. The largest absolute Gasteiger partial charge is 0.497 e. The highest BCUT2D eigenvalue weighted by Crippen LogP contribution is 2.31. The van der Waals surface area contributed by atoms with Crippen molar-refractivity contribution in [3.8, 4) is 11.5 Å². The summed E-state index contributed by atoms with van der Waals surface area (Å²) in [6.07, 6.45) is 7.28. The van der Waals surface area contributed by atoms with Crippen molar-refractivity contribution < 1.29 is 14.3 Å². The number of likely N-dealkylation sites (N-methyl/N-ethyl adjacent to an activating group) is 1. The lowest BCUT2D eigenvalue weighted by Crippen LogP contribution is -2.52. The monoisotopic (exact) mass is 334 g/mol. The van der Waals surface area contributed by atoms with Crippen LogP contribution in [-0.2, 0) is 0 Å². The molecule has 0 bridgehead atoms. The molecule has 0 radical (unpaired) electrons. The molecule has 1 aromatic carbocycles. The summed E-state index contributed by atoms with van der Waals surface area (Å²) in [6, 6.07) is 5.25. The average Bonchev–Trinajstić information content (AvgIpc) is 2.85. The van der Waals surface area contributed by atoms with Crippen LogP contribution in [0.5, 0.6) is 11.5 Å². The van der Waals surface area contributed by atoms with Gasteiger partial charge in [-0.2, -0.15) is 0 Å². The van der Waals surface area contributed by atoms with Crippen LogP contribution in [0.1, 0.15) is 48.9 Å². The SMILES string of the molecule is COc1cc(OC)cc(C(=O)NCC2(N(C)C)CCCCCC2)c1. The molecule has 0 aliphatic heterocycles. The molecular weight excluding hydrogens is 304 g/mol. The van der Waals surface area contributed by atoms with Crippen LogP contribution in [0.2, 0.25) is 0 Å². The summed E-state index contributed by atoms with van der Waals surface area (Å²) in [7, 11) is 7.41. The fraction of sp³-hybridized carbons (Fsp3) is 0.632. The first kappa shape index (κ1) is 18.6. The lowest BCUT2D eigenvalue weighted by Gasteiger charge is -2.39. The van der Waals surface area contributed by atoms with E-state index in [9.17, 15) is 4.79 Å². The van der Waals surface area contributed by atoms with E-state index in [0.29, 0.717) is 23.6 Å². The molecule has 2 rings (SSSR count). The molecule has 5 heteroatoms. The third-order valence-electron chi connectivity index (χ3n) is 5.17. The maximum atomic E-state index is 12.6. The Morgan fingerprint density at radius 3 is 2.04 bits per heavy atom. The van der Waals surface area contributed by atoms with Crippen LogP contribution in [0, 0.1) is 0 Å². The number of methoxy groups -OCH3 is 2. The van der Waals surface area contributed by atoms with Gasteiger partial charge in [0.2, 0.25) is 0 Å². The van der Waals surface area contributed by atoms with Crippen LogP contribution in [0.25, 0.3) is 0 Å². The standard InChI is InChI=1S/C19H30N2O3/c1-21(2)19(9-7-5-6-8-10-19)14-20-18(22)15-11-16(23-3)13-17(12-15)24-4/h11-13H,5-10,14H2,1-4H3,(H,20,22). The van der Waals surface area contributed by atoms with E-state index >= 15 is 0 Å². The minimum absolute atomic E-state index is 0.0507. The van der Waals surface area contributed by atoms with E-state index in [-0.39, 0.29) is 11.4 Å². The Hall–Kier alpha value is -1.75. The highest BCUT2D eigenvalue weighted by atomic mass is 16.5. The van der Waals surface area contributed by atoms with Crippen molar-refractivity contribution in [3.63, 3.8) is 0 Å². The first-order valence-electron chi connectivity index (χ1n) is 8.69. The summed E-state index contributed by atoms with van der Waals surface area (Å²) in [5, 5.41) is 3.13. The van der Waals surface area contributed by atoms with Gasteiger partial charge in [0.25, 0.3) is 5.91 Å². The van der Waals surface area contributed by atoms with E-state index in [0.717, 1.165) is 12.8 Å². The van der Waals surface area contributed by atoms with Crippen molar-refractivity contribution in [3.05, 3.63) is 23.8 Å². The Kier molecular flexibility index (Phi) is 6.49. The number of hydrogen-bond donors (Lipinski definition) is 1. The highest BCUT2D eigenvalue weighted by Gasteiger charge is 2.33. The molecular formula is C19H30N2O3. The second-order valence-corrected chi connectivity index (χ2v) is 6.82. The van der Waals surface area contributed by atoms with Gasteiger partial charge in [0.15, 0.2) is 0 Å². The Morgan fingerprint density at radius 1 is 1.04 bits per heavy atom. The van der Waals surface area contributed by atoms with E-state index < -0.39 is 0 Å². The lowest BCUT2D eigenvalue weighted by atomic mass is 9.88. The lowest BCUT2D eigenvalue weighted by molar-refractivity contribution is 0.0868. The Bertz CT molecular complexity index is 527. The number of rotatable bonds is 6. The number of hydrogen-bond acceptors (Lipinski definition) is 4. The number of carbonyl (C=O) groups is 1. The maximum Gasteiger partial charge on any atom is 0.251 e. The van der Waals surface area contributed by atoms with Gasteiger partial charge in [-0.05, 0) is 39.1 Å². The molecule has 1 saturated carbocycles. The number of ether oxygens (including phenoxy) is 2. The third kappa shape index (κ3) is 4.41. The molecule has 1 aliphatic rings. The van der Waals surface area contributed by atoms with Crippen molar-refractivity contribution >= 4 is 5.91 Å². The molecule has 0 unspecified atom stereocenters. The van der Waals surface area contributed by atoms with Gasteiger partial charge < -0.3 is 19.7 Å². The summed E-state index contributed by atoms with van der Waals surface area (Å²) < 4.78 is 10.5. The summed E-state index contributed by atoms with van der Waals surface area (Å²) in [5.74, 6) is 1.16. The fourth-order valence-corrected chi connectivity index (χ4v) is 3.45. The molecule has 0 aromatic heterocycles. The number of benzene rings is 1. The summed E-state index contributed by atoms with van der Waals surface area (Å²) in [6.45, 7) is 0.665. The Labute approximate surface area is 145 Å². The zero-order valence-electron chi connectivity index (χ0n) is 15.4. The second kappa shape index (κ2) is 8.38. The zero-order valence-corrected chi connectivity index (χ0v) is 15.4. The second-order valence-electron chi connectivity index (χ2n) is 6.82. The van der Waals surface area contributed by atoms with Gasteiger partial charge in [0.1, 0.15) is 11.5 Å². The molecule has 1 aliphatic carbocycles. The van der Waals surface area contributed by atoms with Gasteiger partial charge in [0.05, 0.1) is 14.2 Å². The molecule has 134 valence electrons. The van der Waals surface area contributed by atoms with Crippen molar-refractivity contribution in [1.29, 1.82) is 0 Å². The molecule has 1 fully saturated rings. The molecule has 0 spiro atoms. The molecule has 0 saturated heterocycles.